The second-order valence-electron chi connectivity index (χ2n) is 2.75. The number of nitrogens with one attached hydrogen (secondary N) is 1. The third kappa shape index (κ3) is 1.84. The van der Waals surface area contributed by atoms with E-state index >= 15 is 0 Å². The molecule has 0 amide bonds. The average molecular weight is 169 g/mol. The summed E-state index contributed by atoms with van der Waals surface area (Å²) in [7, 11) is 0. The van der Waals surface area contributed by atoms with E-state index in [2.05, 4.69) is 5.32 Å². The van der Waals surface area contributed by atoms with Crippen molar-refractivity contribution >= 4 is 0 Å². The van der Waals surface area contributed by atoms with E-state index in [4.69, 9.17) is 5.11 Å². The summed E-state index contributed by atoms with van der Waals surface area (Å²) in [5.41, 5.74) is 0. The molecule has 0 saturated carbocycles. The first-order chi connectivity index (χ1) is 5.05. The Kier molecular flexibility index (Phi) is 2.39. The summed E-state index contributed by atoms with van der Waals surface area (Å²) < 4.78 is 36.1. The summed E-state index contributed by atoms with van der Waals surface area (Å²) in [5.74, 6) is -2.03. The van der Waals surface area contributed by atoms with E-state index in [1.165, 1.54) is 0 Å². The van der Waals surface area contributed by atoms with Crippen molar-refractivity contribution in [1.82, 2.24) is 5.32 Å². The Labute approximate surface area is 62.4 Å². The van der Waals surface area contributed by atoms with Gasteiger partial charge >= 0.3 is 6.18 Å². The molecule has 5 heteroatoms. The first-order valence-electron chi connectivity index (χ1n) is 3.44. The molecule has 0 unspecified atom stereocenters. The fraction of sp³-hybridized carbons (Fsp3) is 1.00. The smallest absolute Gasteiger partial charge is 0.393 e. The number of hydrogen-bond acceptors (Lipinski definition) is 2. The van der Waals surface area contributed by atoms with Gasteiger partial charge in [0.1, 0.15) is 0 Å². The highest BCUT2D eigenvalue weighted by molar-refractivity contribution is 4.85. The van der Waals surface area contributed by atoms with E-state index in [-0.39, 0.29) is 13.1 Å². The van der Waals surface area contributed by atoms with Gasteiger partial charge < -0.3 is 10.4 Å². The van der Waals surface area contributed by atoms with Crippen molar-refractivity contribution in [3.05, 3.63) is 0 Å². The zero-order valence-electron chi connectivity index (χ0n) is 5.86. The molecule has 1 aliphatic rings. The van der Waals surface area contributed by atoms with Gasteiger partial charge in [-0.3, -0.25) is 0 Å². The molecule has 1 fully saturated rings. The summed E-state index contributed by atoms with van der Waals surface area (Å²) in [4.78, 5) is 0. The third-order valence-corrected chi connectivity index (χ3v) is 1.99. The predicted octanol–water partition coefficient (Wildman–Crippen LogP) is 0.377. The molecule has 2 atom stereocenters. The highest BCUT2D eigenvalue weighted by atomic mass is 19.4. The second kappa shape index (κ2) is 2.98. The minimum absolute atomic E-state index is 0.0608. The van der Waals surface area contributed by atoms with Crippen LogP contribution in [0.4, 0.5) is 13.2 Å². The maximum absolute atomic E-state index is 12.0. The molecule has 66 valence electrons. The predicted molar refractivity (Wildman–Crippen MR) is 33.0 cm³/mol. The number of rotatable bonds is 1. The Balaban J connectivity index is 2.57. The van der Waals surface area contributed by atoms with Gasteiger partial charge in [-0.2, -0.15) is 13.2 Å². The zero-order valence-corrected chi connectivity index (χ0v) is 5.86. The highest BCUT2D eigenvalue weighted by Crippen LogP contribution is 2.33. The van der Waals surface area contributed by atoms with Crippen molar-refractivity contribution in [2.24, 2.45) is 11.8 Å². The van der Waals surface area contributed by atoms with Crippen LogP contribution in [-0.4, -0.2) is 31.0 Å². The number of aliphatic hydroxyl groups excluding tert-OH is 1. The molecular formula is C6H10F3NO. The topological polar surface area (TPSA) is 32.3 Å². The summed E-state index contributed by atoms with van der Waals surface area (Å²) >= 11 is 0. The largest absolute Gasteiger partial charge is 0.396 e. The maximum atomic E-state index is 12.0. The zero-order chi connectivity index (χ0) is 8.48. The van der Waals surface area contributed by atoms with Crippen molar-refractivity contribution in [3.63, 3.8) is 0 Å². The third-order valence-electron chi connectivity index (χ3n) is 1.99. The van der Waals surface area contributed by atoms with E-state index in [0.717, 1.165) is 0 Å². The lowest BCUT2D eigenvalue weighted by Crippen LogP contribution is -2.31. The minimum atomic E-state index is -4.17. The first-order valence-corrected chi connectivity index (χ1v) is 3.44. The van der Waals surface area contributed by atoms with Crippen LogP contribution >= 0.6 is 0 Å². The molecule has 1 rings (SSSR count). The van der Waals surface area contributed by atoms with Gasteiger partial charge in [-0.05, 0) is 0 Å². The van der Waals surface area contributed by atoms with Crippen molar-refractivity contribution in [1.29, 1.82) is 0 Å². The SMILES string of the molecule is OC[C@@H]1CNC[C@H]1C(F)(F)F. The first kappa shape index (κ1) is 8.80. The standard InChI is InChI=1S/C6H10F3NO/c7-6(8,9)5-2-10-1-4(5)3-11/h4-5,10-11H,1-3H2/t4-,5+/m0/s1. The molecule has 0 aromatic carbocycles. The second-order valence-corrected chi connectivity index (χ2v) is 2.75. The molecule has 1 aliphatic heterocycles. The summed E-state index contributed by atoms with van der Waals surface area (Å²) in [6.07, 6.45) is -4.17. The van der Waals surface area contributed by atoms with Crippen molar-refractivity contribution < 1.29 is 18.3 Å². The summed E-state index contributed by atoms with van der Waals surface area (Å²) in [6, 6.07) is 0. The lowest BCUT2D eigenvalue weighted by molar-refractivity contribution is -0.181. The van der Waals surface area contributed by atoms with Gasteiger partial charge in [0, 0.05) is 25.6 Å². The Hall–Kier alpha value is -0.290. The van der Waals surface area contributed by atoms with Gasteiger partial charge in [0.2, 0.25) is 0 Å². The van der Waals surface area contributed by atoms with Crippen LogP contribution in [0.15, 0.2) is 0 Å². The van der Waals surface area contributed by atoms with E-state index in [1.807, 2.05) is 0 Å². The van der Waals surface area contributed by atoms with E-state index in [9.17, 15) is 13.2 Å². The number of hydrogen-bond donors (Lipinski definition) is 2. The maximum Gasteiger partial charge on any atom is 0.393 e. The van der Waals surface area contributed by atoms with Crippen LogP contribution in [0.1, 0.15) is 0 Å². The van der Waals surface area contributed by atoms with Crippen LogP contribution in [0, 0.1) is 11.8 Å². The van der Waals surface area contributed by atoms with E-state index < -0.39 is 24.6 Å². The number of halogens is 3. The molecule has 0 spiro atoms. The fourth-order valence-electron chi connectivity index (χ4n) is 1.31. The molecule has 0 radical (unpaired) electrons. The van der Waals surface area contributed by atoms with Crippen molar-refractivity contribution in [2.75, 3.05) is 19.7 Å². The van der Waals surface area contributed by atoms with Gasteiger partial charge in [-0.1, -0.05) is 0 Å². The molecule has 0 bridgehead atoms. The highest BCUT2D eigenvalue weighted by Gasteiger charge is 2.46. The summed E-state index contributed by atoms with van der Waals surface area (Å²) in [5, 5.41) is 11.2. The molecule has 11 heavy (non-hydrogen) atoms. The monoisotopic (exact) mass is 169 g/mol. The van der Waals surface area contributed by atoms with Gasteiger partial charge in [0.25, 0.3) is 0 Å². The average Bonchev–Trinajstić information content (AvgIpc) is 2.31. The minimum Gasteiger partial charge on any atom is -0.396 e. The number of alkyl halides is 3. The van der Waals surface area contributed by atoms with E-state index in [0.29, 0.717) is 0 Å². The lowest BCUT2D eigenvalue weighted by Gasteiger charge is -2.18. The fourth-order valence-corrected chi connectivity index (χ4v) is 1.31. The van der Waals surface area contributed by atoms with Crippen LogP contribution in [0.5, 0.6) is 0 Å². The van der Waals surface area contributed by atoms with Gasteiger partial charge in [-0.25, -0.2) is 0 Å². The quantitative estimate of drug-likeness (QED) is 0.594. The van der Waals surface area contributed by atoms with Crippen LogP contribution in [-0.2, 0) is 0 Å². The normalized spacial score (nSPS) is 32.7. The molecule has 1 saturated heterocycles. The Morgan fingerprint density at radius 1 is 1.36 bits per heavy atom. The van der Waals surface area contributed by atoms with Gasteiger partial charge in [0.15, 0.2) is 0 Å². The van der Waals surface area contributed by atoms with Crippen molar-refractivity contribution in [3.8, 4) is 0 Å². The molecule has 1 heterocycles. The van der Waals surface area contributed by atoms with Gasteiger partial charge in [0.05, 0.1) is 5.92 Å². The molecule has 2 N–H and O–H groups in total. The van der Waals surface area contributed by atoms with Gasteiger partial charge in [-0.15, -0.1) is 0 Å². The van der Waals surface area contributed by atoms with Crippen LogP contribution < -0.4 is 5.32 Å². The summed E-state index contributed by atoms with van der Waals surface area (Å²) in [6.45, 7) is -0.188. The number of aliphatic hydroxyl groups is 1. The molecular weight excluding hydrogens is 159 g/mol. The van der Waals surface area contributed by atoms with E-state index in [1.54, 1.807) is 0 Å². The Morgan fingerprint density at radius 3 is 2.36 bits per heavy atom. The molecule has 2 nitrogen and oxygen atoms in total. The van der Waals surface area contributed by atoms with Crippen molar-refractivity contribution in [2.45, 2.75) is 6.18 Å². The lowest BCUT2D eigenvalue weighted by atomic mass is 9.97. The molecule has 0 aromatic rings. The Bertz CT molecular complexity index is 136. The van der Waals surface area contributed by atoms with Crippen LogP contribution in [0.25, 0.3) is 0 Å². The molecule has 0 aliphatic carbocycles. The molecule has 0 aromatic heterocycles. The Morgan fingerprint density at radius 2 is 2.00 bits per heavy atom. The van der Waals surface area contributed by atoms with Crippen LogP contribution in [0.2, 0.25) is 0 Å². The van der Waals surface area contributed by atoms with Crippen LogP contribution in [0.3, 0.4) is 0 Å².